The van der Waals surface area contributed by atoms with Gasteiger partial charge >= 0.3 is 0 Å². The van der Waals surface area contributed by atoms with E-state index in [4.69, 9.17) is 5.73 Å². The van der Waals surface area contributed by atoms with Crippen LogP contribution < -0.4 is 10.6 Å². The maximum atomic E-state index is 5.84. The number of benzene rings is 1. The SMILES string of the molecule is Cc1cc(C(C)(C)C)ccc1N(C)CC(C)N. The van der Waals surface area contributed by atoms with Crippen molar-refractivity contribution in [3.63, 3.8) is 0 Å². The van der Waals surface area contributed by atoms with Crippen molar-refractivity contribution >= 4 is 5.69 Å². The molecule has 1 aromatic rings. The van der Waals surface area contributed by atoms with Gasteiger partial charge in [-0.1, -0.05) is 32.9 Å². The fourth-order valence-electron chi connectivity index (χ4n) is 2.08. The van der Waals surface area contributed by atoms with Crippen molar-refractivity contribution in [2.45, 2.75) is 46.1 Å². The minimum atomic E-state index is 0.196. The van der Waals surface area contributed by atoms with E-state index in [0.717, 1.165) is 6.54 Å². The molecule has 1 rings (SSSR count). The van der Waals surface area contributed by atoms with E-state index >= 15 is 0 Å². The Bertz CT molecular complexity index is 375. The van der Waals surface area contributed by atoms with Crippen molar-refractivity contribution < 1.29 is 0 Å². The molecule has 2 N–H and O–H groups in total. The van der Waals surface area contributed by atoms with Crippen molar-refractivity contribution in [2.24, 2.45) is 5.73 Å². The van der Waals surface area contributed by atoms with Gasteiger partial charge < -0.3 is 10.6 Å². The van der Waals surface area contributed by atoms with Gasteiger partial charge in [0.2, 0.25) is 0 Å². The first-order chi connectivity index (χ1) is 7.71. The van der Waals surface area contributed by atoms with Crippen molar-refractivity contribution in [3.05, 3.63) is 29.3 Å². The van der Waals surface area contributed by atoms with Gasteiger partial charge in [0.15, 0.2) is 0 Å². The number of nitrogens with zero attached hydrogens (tertiary/aromatic N) is 1. The molecule has 17 heavy (non-hydrogen) atoms. The number of nitrogens with two attached hydrogens (primary N) is 1. The summed E-state index contributed by atoms with van der Waals surface area (Å²) in [6.45, 7) is 11.8. The molecule has 1 aromatic carbocycles. The highest BCUT2D eigenvalue weighted by Gasteiger charge is 2.15. The summed E-state index contributed by atoms with van der Waals surface area (Å²) in [4.78, 5) is 2.23. The standard InChI is InChI=1S/C15H26N2/c1-11-9-13(15(3,4)5)7-8-14(11)17(6)10-12(2)16/h7-9,12H,10,16H2,1-6H3. The lowest BCUT2D eigenvalue weighted by Gasteiger charge is -2.26. The highest BCUT2D eigenvalue weighted by atomic mass is 15.1. The lowest BCUT2D eigenvalue weighted by atomic mass is 9.86. The predicted octanol–water partition coefficient (Wildman–Crippen LogP) is 3.08. The zero-order valence-electron chi connectivity index (χ0n) is 12.0. The molecule has 96 valence electrons. The normalized spacial score (nSPS) is 13.6. The van der Waals surface area contributed by atoms with Gasteiger partial charge in [-0.05, 0) is 36.5 Å². The lowest BCUT2D eigenvalue weighted by Crippen LogP contribution is -2.33. The number of aryl methyl sites for hydroxylation is 1. The number of rotatable bonds is 3. The summed E-state index contributed by atoms with van der Waals surface area (Å²) in [5, 5.41) is 0. The van der Waals surface area contributed by atoms with Crippen LogP contribution in [0, 0.1) is 6.92 Å². The smallest absolute Gasteiger partial charge is 0.0394 e. The van der Waals surface area contributed by atoms with Crippen LogP contribution >= 0.6 is 0 Å². The molecule has 0 aliphatic carbocycles. The molecule has 1 atom stereocenters. The van der Waals surface area contributed by atoms with E-state index in [-0.39, 0.29) is 11.5 Å². The van der Waals surface area contributed by atoms with E-state index in [0.29, 0.717) is 0 Å². The fourth-order valence-corrected chi connectivity index (χ4v) is 2.08. The average molecular weight is 234 g/mol. The second-order valence-electron chi connectivity index (χ2n) is 6.11. The van der Waals surface area contributed by atoms with E-state index < -0.39 is 0 Å². The third-order valence-corrected chi connectivity index (χ3v) is 3.04. The largest absolute Gasteiger partial charge is 0.373 e. The number of hydrogen-bond acceptors (Lipinski definition) is 2. The predicted molar refractivity (Wildman–Crippen MR) is 76.8 cm³/mol. The molecule has 0 fully saturated rings. The summed E-state index contributed by atoms with van der Waals surface area (Å²) < 4.78 is 0. The van der Waals surface area contributed by atoms with Crippen LogP contribution in [0.3, 0.4) is 0 Å². The second kappa shape index (κ2) is 5.09. The summed E-state index contributed by atoms with van der Waals surface area (Å²) in [5.41, 5.74) is 10.0. The maximum Gasteiger partial charge on any atom is 0.0394 e. The van der Waals surface area contributed by atoms with Crippen LogP contribution in [-0.2, 0) is 5.41 Å². The molecule has 0 aliphatic heterocycles. The Hall–Kier alpha value is -1.02. The summed E-state index contributed by atoms with van der Waals surface area (Å²) in [6.07, 6.45) is 0. The summed E-state index contributed by atoms with van der Waals surface area (Å²) >= 11 is 0. The molecule has 1 unspecified atom stereocenters. The average Bonchev–Trinajstić information content (AvgIpc) is 2.14. The number of hydrogen-bond donors (Lipinski definition) is 1. The zero-order chi connectivity index (χ0) is 13.2. The molecular weight excluding hydrogens is 208 g/mol. The molecule has 0 aromatic heterocycles. The van der Waals surface area contributed by atoms with E-state index in [1.54, 1.807) is 0 Å². The number of anilines is 1. The van der Waals surface area contributed by atoms with Crippen LogP contribution in [0.1, 0.15) is 38.8 Å². The lowest BCUT2D eigenvalue weighted by molar-refractivity contribution is 0.589. The van der Waals surface area contributed by atoms with E-state index in [9.17, 15) is 0 Å². The van der Waals surface area contributed by atoms with Crippen LogP contribution in [0.25, 0.3) is 0 Å². The van der Waals surface area contributed by atoms with Gasteiger partial charge in [0, 0.05) is 25.3 Å². The van der Waals surface area contributed by atoms with Crippen LogP contribution in [0.4, 0.5) is 5.69 Å². The van der Waals surface area contributed by atoms with E-state index in [1.165, 1.54) is 16.8 Å². The van der Waals surface area contributed by atoms with Gasteiger partial charge in [-0.15, -0.1) is 0 Å². The molecular formula is C15H26N2. The Morgan fingerprint density at radius 2 is 1.88 bits per heavy atom. The molecule has 2 nitrogen and oxygen atoms in total. The van der Waals surface area contributed by atoms with Crippen molar-refractivity contribution in [2.75, 3.05) is 18.5 Å². The minimum Gasteiger partial charge on any atom is -0.373 e. The molecule has 0 saturated carbocycles. The summed E-state index contributed by atoms with van der Waals surface area (Å²) in [7, 11) is 2.10. The Balaban J connectivity index is 2.98. The van der Waals surface area contributed by atoms with Gasteiger partial charge in [0.05, 0.1) is 0 Å². The summed E-state index contributed by atoms with van der Waals surface area (Å²) in [5.74, 6) is 0. The first kappa shape index (κ1) is 14.0. The molecule has 0 amide bonds. The first-order valence-electron chi connectivity index (χ1n) is 6.29. The van der Waals surface area contributed by atoms with E-state index in [2.05, 4.69) is 57.8 Å². The highest BCUT2D eigenvalue weighted by Crippen LogP contribution is 2.27. The van der Waals surface area contributed by atoms with Crippen molar-refractivity contribution in [1.29, 1.82) is 0 Å². The van der Waals surface area contributed by atoms with Crippen LogP contribution in [0.2, 0.25) is 0 Å². The maximum absolute atomic E-state index is 5.84. The van der Waals surface area contributed by atoms with Crippen LogP contribution in [-0.4, -0.2) is 19.6 Å². The molecule has 2 heteroatoms. The van der Waals surface area contributed by atoms with E-state index in [1.807, 2.05) is 6.92 Å². The Labute approximate surface area is 106 Å². The second-order valence-corrected chi connectivity index (χ2v) is 6.11. The third kappa shape index (κ3) is 3.74. The van der Waals surface area contributed by atoms with Crippen LogP contribution in [0.5, 0.6) is 0 Å². The third-order valence-electron chi connectivity index (χ3n) is 3.04. The molecule has 0 radical (unpaired) electrons. The minimum absolute atomic E-state index is 0.196. The van der Waals surface area contributed by atoms with Gasteiger partial charge in [-0.3, -0.25) is 0 Å². The van der Waals surface area contributed by atoms with Crippen LogP contribution in [0.15, 0.2) is 18.2 Å². The molecule has 0 bridgehead atoms. The van der Waals surface area contributed by atoms with Gasteiger partial charge in [0.25, 0.3) is 0 Å². The fraction of sp³-hybridized carbons (Fsp3) is 0.600. The molecule has 0 spiro atoms. The molecule has 0 saturated heterocycles. The Kier molecular flexibility index (Phi) is 4.21. The Morgan fingerprint density at radius 1 is 1.29 bits per heavy atom. The molecule has 0 heterocycles. The first-order valence-corrected chi connectivity index (χ1v) is 6.29. The quantitative estimate of drug-likeness (QED) is 0.871. The monoisotopic (exact) mass is 234 g/mol. The topological polar surface area (TPSA) is 29.3 Å². The zero-order valence-corrected chi connectivity index (χ0v) is 12.0. The molecule has 0 aliphatic rings. The van der Waals surface area contributed by atoms with Crippen molar-refractivity contribution in [1.82, 2.24) is 0 Å². The van der Waals surface area contributed by atoms with Crippen molar-refractivity contribution in [3.8, 4) is 0 Å². The number of likely N-dealkylation sites (N-methyl/N-ethyl adjacent to an activating group) is 1. The Morgan fingerprint density at radius 3 is 2.29 bits per heavy atom. The van der Waals surface area contributed by atoms with Gasteiger partial charge in [0.1, 0.15) is 0 Å². The summed E-state index contributed by atoms with van der Waals surface area (Å²) in [6, 6.07) is 6.91. The van der Waals surface area contributed by atoms with Gasteiger partial charge in [-0.25, -0.2) is 0 Å². The highest BCUT2D eigenvalue weighted by molar-refractivity contribution is 5.54. The van der Waals surface area contributed by atoms with Gasteiger partial charge in [-0.2, -0.15) is 0 Å².